The topological polar surface area (TPSA) is 84.5 Å². The lowest BCUT2D eigenvalue weighted by Crippen LogP contribution is -2.30. The first-order valence-corrected chi connectivity index (χ1v) is 10.6. The van der Waals surface area contributed by atoms with Gasteiger partial charge in [0.05, 0.1) is 4.90 Å². The van der Waals surface area contributed by atoms with E-state index in [-0.39, 0.29) is 16.5 Å². The highest BCUT2D eigenvalue weighted by Crippen LogP contribution is 2.19. The molecule has 0 aliphatic rings. The number of hydrogen-bond acceptors (Lipinski definition) is 4. The Kier molecular flexibility index (Phi) is 6.37. The summed E-state index contributed by atoms with van der Waals surface area (Å²) in [6.07, 6.45) is -0.740. The minimum atomic E-state index is -3.84. The van der Waals surface area contributed by atoms with Gasteiger partial charge in [-0.3, -0.25) is 9.52 Å². The normalized spacial score (nSPS) is 12.1. The van der Waals surface area contributed by atoms with Gasteiger partial charge in [-0.1, -0.05) is 12.1 Å². The zero-order valence-corrected chi connectivity index (χ0v) is 17.2. The number of rotatable bonds is 7. The Labute approximate surface area is 174 Å². The maximum Gasteiger partial charge on any atom is 0.265 e. The summed E-state index contributed by atoms with van der Waals surface area (Å²) in [7, 11) is -3.84. The molecule has 156 valence electrons. The Morgan fingerprint density at radius 3 is 2.23 bits per heavy atom. The molecule has 0 spiro atoms. The third kappa shape index (κ3) is 5.57. The highest BCUT2D eigenvalue weighted by molar-refractivity contribution is 7.92. The van der Waals surface area contributed by atoms with Crippen molar-refractivity contribution < 1.29 is 22.3 Å². The van der Waals surface area contributed by atoms with Gasteiger partial charge in [0.2, 0.25) is 0 Å². The summed E-state index contributed by atoms with van der Waals surface area (Å²) >= 11 is 0. The fourth-order valence-electron chi connectivity index (χ4n) is 2.64. The van der Waals surface area contributed by atoms with Crippen molar-refractivity contribution in [2.75, 3.05) is 10.0 Å². The Bertz CT molecular complexity index is 1130. The van der Waals surface area contributed by atoms with Crippen LogP contribution in [-0.4, -0.2) is 20.4 Å². The Balaban J connectivity index is 1.63. The first-order chi connectivity index (χ1) is 14.2. The third-order valence-electron chi connectivity index (χ3n) is 4.20. The number of nitrogens with one attached hydrogen (secondary N) is 2. The molecule has 2 N–H and O–H groups in total. The summed E-state index contributed by atoms with van der Waals surface area (Å²) in [5.41, 5.74) is 1.70. The molecule has 0 radical (unpaired) electrons. The van der Waals surface area contributed by atoms with Crippen LogP contribution in [0, 0.1) is 12.7 Å². The first-order valence-electron chi connectivity index (χ1n) is 9.15. The molecular weight excluding hydrogens is 407 g/mol. The lowest BCUT2D eigenvalue weighted by Gasteiger charge is -2.15. The lowest BCUT2D eigenvalue weighted by molar-refractivity contribution is -0.122. The number of anilines is 2. The standard InChI is InChI=1S/C22H21FN2O4S/c1-15-4-3-5-20(14-15)29-16(2)22(26)24-18-10-12-21(13-11-18)30(27,28)25-19-8-6-17(23)7-9-19/h3-14,16,25H,1-2H3,(H,24,26)/t16-/m1/s1. The number of benzene rings is 3. The van der Waals surface area contributed by atoms with Crippen LogP contribution in [0.3, 0.4) is 0 Å². The number of amides is 1. The highest BCUT2D eigenvalue weighted by Gasteiger charge is 2.17. The molecule has 3 rings (SSSR count). The van der Waals surface area contributed by atoms with Crippen molar-refractivity contribution >= 4 is 27.3 Å². The second-order valence-corrected chi connectivity index (χ2v) is 8.39. The molecule has 0 bridgehead atoms. The fraction of sp³-hybridized carbons (Fsp3) is 0.136. The van der Waals surface area contributed by atoms with Crippen molar-refractivity contribution in [2.45, 2.75) is 24.8 Å². The van der Waals surface area contributed by atoms with E-state index in [1.165, 1.54) is 36.4 Å². The van der Waals surface area contributed by atoms with Crippen molar-refractivity contribution in [3.8, 4) is 5.75 Å². The van der Waals surface area contributed by atoms with Gasteiger partial charge in [0.1, 0.15) is 11.6 Å². The van der Waals surface area contributed by atoms with E-state index in [1.807, 2.05) is 25.1 Å². The average Bonchev–Trinajstić information content (AvgIpc) is 2.70. The molecule has 0 unspecified atom stereocenters. The van der Waals surface area contributed by atoms with Crippen LogP contribution in [0.15, 0.2) is 77.7 Å². The van der Waals surface area contributed by atoms with Crippen LogP contribution in [0.1, 0.15) is 12.5 Å². The van der Waals surface area contributed by atoms with E-state index < -0.39 is 21.9 Å². The molecule has 30 heavy (non-hydrogen) atoms. The van der Waals surface area contributed by atoms with Crippen LogP contribution < -0.4 is 14.8 Å². The predicted molar refractivity (Wildman–Crippen MR) is 114 cm³/mol. The van der Waals surface area contributed by atoms with E-state index >= 15 is 0 Å². The molecule has 1 amide bonds. The van der Waals surface area contributed by atoms with Crippen LogP contribution in [-0.2, 0) is 14.8 Å². The molecule has 0 heterocycles. The van der Waals surface area contributed by atoms with Gasteiger partial charge >= 0.3 is 0 Å². The Morgan fingerprint density at radius 2 is 1.60 bits per heavy atom. The summed E-state index contributed by atoms with van der Waals surface area (Å²) in [5.74, 6) is -0.235. The number of ether oxygens (including phenoxy) is 1. The molecule has 6 nitrogen and oxygen atoms in total. The van der Waals surface area contributed by atoms with Crippen LogP contribution in [0.4, 0.5) is 15.8 Å². The largest absolute Gasteiger partial charge is 0.481 e. The second kappa shape index (κ2) is 8.96. The Morgan fingerprint density at radius 1 is 0.967 bits per heavy atom. The molecular formula is C22H21FN2O4S. The van der Waals surface area contributed by atoms with E-state index in [0.717, 1.165) is 17.7 Å². The highest BCUT2D eigenvalue weighted by atomic mass is 32.2. The predicted octanol–water partition coefficient (Wildman–Crippen LogP) is 4.34. The molecule has 0 aliphatic carbocycles. The monoisotopic (exact) mass is 428 g/mol. The molecule has 0 saturated heterocycles. The van der Waals surface area contributed by atoms with Gasteiger partial charge in [0.25, 0.3) is 15.9 Å². The quantitative estimate of drug-likeness (QED) is 0.586. The van der Waals surface area contributed by atoms with Gasteiger partial charge < -0.3 is 10.1 Å². The van der Waals surface area contributed by atoms with Gasteiger partial charge in [-0.25, -0.2) is 12.8 Å². The number of carbonyl (C=O) groups excluding carboxylic acids is 1. The van der Waals surface area contributed by atoms with Gasteiger partial charge in [0.15, 0.2) is 6.10 Å². The van der Waals surface area contributed by atoms with Gasteiger partial charge in [0, 0.05) is 11.4 Å². The summed E-state index contributed by atoms with van der Waals surface area (Å²) < 4.78 is 45.9. The van der Waals surface area contributed by atoms with Gasteiger partial charge in [-0.2, -0.15) is 0 Å². The van der Waals surface area contributed by atoms with Gasteiger partial charge in [-0.05, 0) is 80.1 Å². The minimum absolute atomic E-state index is 0.00823. The number of carbonyl (C=O) groups is 1. The smallest absolute Gasteiger partial charge is 0.265 e. The second-order valence-electron chi connectivity index (χ2n) is 6.70. The molecule has 8 heteroatoms. The SMILES string of the molecule is Cc1cccc(O[C@H](C)C(=O)Nc2ccc(S(=O)(=O)Nc3ccc(F)cc3)cc2)c1. The first kappa shape index (κ1) is 21.3. The fourth-order valence-corrected chi connectivity index (χ4v) is 3.70. The number of sulfonamides is 1. The minimum Gasteiger partial charge on any atom is -0.481 e. The van der Waals surface area contributed by atoms with Crippen molar-refractivity contribution in [1.29, 1.82) is 0 Å². The summed E-state index contributed by atoms with van der Waals surface area (Å²) in [6.45, 7) is 3.56. The number of halogens is 1. The average molecular weight is 428 g/mol. The molecule has 3 aromatic rings. The van der Waals surface area contributed by atoms with Crippen LogP contribution >= 0.6 is 0 Å². The zero-order valence-electron chi connectivity index (χ0n) is 16.4. The van der Waals surface area contributed by atoms with Crippen LogP contribution in [0.25, 0.3) is 0 Å². The maximum absolute atomic E-state index is 13.0. The van der Waals surface area contributed by atoms with Crippen LogP contribution in [0.2, 0.25) is 0 Å². The molecule has 1 atom stereocenters. The van der Waals surface area contributed by atoms with Crippen molar-refractivity contribution in [1.82, 2.24) is 0 Å². The van der Waals surface area contributed by atoms with Crippen molar-refractivity contribution in [2.24, 2.45) is 0 Å². The number of aryl methyl sites for hydroxylation is 1. The van der Waals surface area contributed by atoms with E-state index in [9.17, 15) is 17.6 Å². The Hall–Kier alpha value is -3.39. The van der Waals surface area contributed by atoms with Crippen molar-refractivity contribution in [3.05, 3.63) is 84.2 Å². The van der Waals surface area contributed by atoms with Crippen LogP contribution in [0.5, 0.6) is 5.75 Å². The molecule has 0 aliphatic heterocycles. The van der Waals surface area contributed by atoms with E-state index in [4.69, 9.17) is 4.74 Å². The van der Waals surface area contributed by atoms with Crippen molar-refractivity contribution in [3.63, 3.8) is 0 Å². The number of hydrogen-bond donors (Lipinski definition) is 2. The van der Waals surface area contributed by atoms with E-state index in [1.54, 1.807) is 13.0 Å². The summed E-state index contributed by atoms with van der Waals surface area (Å²) in [4.78, 5) is 12.4. The molecule has 0 fully saturated rings. The summed E-state index contributed by atoms with van der Waals surface area (Å²) in [6, 6.07) is 18.1. The molecule has 0 saturated carbocycles. The third-order valence-corrected chi connectivity index (χ3v) is 5.60. The summed E-state index contributed by atoms with van der Waals surface area (Å²) in [5, 5.41) is 2.69. The zero-order chi connectivity index (χ0) is 21.7. The lowest BCUT2D eigenvalue weighted by atomic mass is 10.2. The van der Waals surface area contributed by atoms with E-state index in [2.05, 4.69) is 10.0 Å². The molecule has 0 aromatic heterocycles. The van der Waals surface area contributed by atoms with Gasteiger partial charge in [-0.15, -0.1) is 0 Å². The molecule has 3 aromatic carbocycles. The van der Waals surface area contributed by atoms with E-state index in [0.29, 0.717) is 11.4 Å². The maximum atomic E-state index is 13.0.